The Balaban J connectivity index is 1.46. The molecule has 4 rings (SSSR count). The minimum absolute atomic E-state index is 0.157. The lowest BCUT2D eigenvalue weighted by Gasteiger charge is -2.33. The molecule has 0 amide bonds. The minimum atomic E-state index is -3.59. The van der Waals surface area contributed by atoms with E-state index < -0.39 is 10.0 Å². The average molecular weight is 454 g/mol. The molecule has 1 fully saturated rings. The lowest BCUT2D eigenvalue weighted by Crippen LogP contribution is -2.48. The summed E-state index contributed by atoms with van der Waals surface area (Å²) in [5, 5.41) is 3.83. The van der Waals surface area contributed by atoms with Crippen molar-refractivity contribution in [2.45, 2.75) is 4.90 Å². The molecule has 2 aromatic carbocycles. The molecule has 3 aromatic rings. The number of nitrogens with zero attached hydrogens (tertiary/aromatic N) is 3. The Morgan fingerprint density at radius 1 is 0.929 bits per heavy atom. The Morgan fingerprint density at radius 2 is 1.61 bits per heavy atom. The van der Waals surface area contributed by atoms with Crippen LogP contribution in [0, 0.1) is 0 Å². The fourth-order valence-corrected chi connectivity index (χ4v) is 6.01. The van der Waals surface area contributed by atoms with Crippen LogP contribution in [0.3, 0.4) is 0 Å². The maximum atomic E-state index is 12.9. The molecule has 2 heterocycles. The van der Waals surface area contributed by atoms with Crippen molar-refractivity contribution in [3.63, 3.8) is 0 Å². The zero-order chi connectivity index (χ0) is 19.7. The Labute approximate surface area is 178 Å². The fourth-order valence-electron chi connectivity index (χ4n) is 3.08. The molecule has 0 bridgehead atoms. The quantitative estimate of drug-likeness (QED) is 0.577. The zero-order valence-corrected chi connectivity index (χ0v) is 17.9. The van der Waals surface area contributed by atoms with E-state index in [-0.39, 0.29) is 9.92 Å². The maximum absolute atomic E-state index is 12.9. The molecule has 0 aliphatic carbocycles. The van der Waals surface area contributed by atoms with Gasteiger partial charge in [0.2, 0.25) is 10.0 Å². The van der Waals surface area contributed by atoms with Crippen molar-refractivity contribution in [2.75, 3.05) is 31.1 Å². The normalized spacial score (nSPS) is 15.7. The van der Waals surface area contributed by atoms with Gasteiger partial charge in [0.25, 0.3) is 0 Å². The second kappa shape index (κ2) is 8.00. The predicted octanol–water partition coefficient (Wildman–Crippen LogP) is 4.63. The molecule has 1 saturated heterocycles. The van der Waals surface area contributed by atoms with Gasteiger partial charge in [-0.3, -0.25) is 0 Å². The third-order valence-electron chi connectivity index (χ3n) is 4.60. The van der Waals surface area contributed by atoms with E-state index in [0.29, 0.717) is 31.2 Å². The highest BCUT2D eigenvalue weighted by molar-refractivity contribution is 7.89. The van der Waals surface area contributed by atoms with Gasteiger partial charge in [-0.05, 0) is 24.3 Å². The standard InChI is InChI=1S/C19H17Cl2N3O2S2/c20-15-7-5-14(6-8-15)17-13-27-19(22-17)23-9-11-24(12-10-23)28(25,26)18-4-2-1-3-16(18)21/h1-8,13H,9-12H2. The summed E-state index contributed by atoms with van der Waals surface area (Å²) in [6.45, 7) is 1.95. The fraction of sp³-hybridized carbons (Fsp3) is 0.211. The van der Waals surface area contributed by atoms with Crippen molar-refractivity contribution < 1.29 is 8.42 Å². The molecule has 9 heteroatoms. The van der Waals surface area contributed by atoms with Crippen LogP contribution in [0.1, 0.15) is 0 Å². The van der Waals surface area contributed by atoms with Crippen LogP contribution in [0.2, 0.25) is 10.0 Å². The van der Waals surface area contributed by atoms with Crippen LogP contribution in [-0.2, 0) is 10.0 Å². The van der Waals surface area contributed by atoms with Crippen molar-refractivity contribution in [3.8, 4) is 11.3 Å². The highest BCUT2D eigenvalue weighted by Crippen LogP contribution is 2.30. The Hall–Kier alpha value is -1.64. The summed E-state index contributed by atoms with van der Waals surface area (Å²) < 4.78 is 27.2. The smallest absolute Gasteiger partial charge is 0.244 e. The van der Waals surface area contributed by atoms with E-state index in [1.165, 1.54) is 4.31 Å². The molecule has 28 heavy (non-hydrogen) atoms. The van der Waals surface area contributed by atoms with Crippen LogP contribution in [0.15, 0.2) is 58.8 Å². The Kier molecular flexibility index (Phi) is 5.62. The number of benzene rings is 2. The van der Waals surface area contributed by atoms with Gasteiger partial charge in [0.15, 0.2) is 5.13 Å². The topological polar surface area (TPSA) is 53.5 Å². The van der Waals surface area contributed by atoms with Crippen molar-refractivity contribution in [3.05, 3.63) is 64.0 Å². The molecular formula is C19H17Cl2N3O2S2. The third kappa shape index (κ3) is 3.90. The second-order valence-corrected chi connectivity index (χ2v) is 9.93. The first-order chi connectivity index (χ1) is 13.4. The minimum Gasteiger partial charge on any atom is -0.345 e. The molecule has 0 unspecified atom stereocenters. The lowest BCUT2D eigenvalue weighted by atomic mass is 10.2. The van der Waals surface area contributed by atoms with E-state index in [0.717, 1.165) is 16.4 Å². The van der Waals surface area contributed by atoms with Gasteiger partial charge < -0.3 is 4.90 Å². The first-order valence-corrected chi connectivity index (χ1v) is 11.7. The predicted molar refractivity (Wildman–Crippen MR) is 115 cm³/mol. The largest absolute Gasteiger partial charge is 0.345 e. The molecule has 1 aliphatic rings. The molecule has 1 aliphatic heterocycles. The summed E-state index contributed by atoms with van der Waals surface area (Å²) >= 11 is 13.6. The zero-order valence-electron chi connectivity index (χ0n) is 14.8. The monoisotopic (exact) mass is 453 g/mol. The molecule has 5 nitrogen and oxygen atoms in total. The van der Waals surface area contributed by atoms with Crippen LogP contribution >= 0.6 is 34.5 Å². The van der Waals surface area contributed by atoms with Crippen LogP contribution in [0.25, 0.3) is 11.3 Å². The second-order valence-electron chi connectivity index (χ2n) is 6.34. The van der Waals surface area contributed by atoms with Crippen LogP contribution in [0.5, 0.6) is 0 Å². The maximum Gasteiger partial charge on any atom is 0.244 e. The van der Waals surface area contributed by atoms with Gasteiger partial charge in [-0.15, -0.1) is 11.3 Å². The number of sulfonamides is 1. The number of hydrogen-bond acceptors (Lipinski definition) is 5. The van der Waals surface area contributed by atoms with E-state index in [1.54, 1.807) is 35.6 Å². The van der Waals surface area contributed by atoms with Crippen molar-refractivity contribution in [2.24, 2.45) is 0 Å². The summed E-state index contributed by atoms with van der Waals surface area (Å²) in [7, 11) is -3.59. The van der Waals surface area contributed by atoms with E-state index >= 15 is 0 Å². The van der Waals surface area contributed by atoms with Crippen LogP contribution in [-0.4, -0.2) is 43.9 Å². The van der Waals surface area contributed by atoms with E-state index in [1.807, 2.05) is 29.6 Å². The van der Waals surface area contributed by atoms with E-state index in [9.17, 15) is 8.42 Å². The number of anilines is 1. The summed E-state index contributed by atoms with van der Waals surface area (Å²) in [5.41, 5.74) is 1.90. The van der Waals surface area contributed by atoms with Gasteiger partial charge in [-0.25, -0.2) is 13.4 Å². The molecule has 0 saturated carbocycles. The first kappa shape index (κ1) is 19.7. The highest BCUT2D eigenvalue weighted by Gasteiger charge is 2.30. The third-order valence-corrected chi connectivity index (χ3v) is 8.15. The summed E-state index contributed by atoms with van der Waals surface area (Å²) in [4.78, 5) is 6.98. The Bertz CT molecular complexity index is 1080. The number of thiazole rings is 1. The molecular weight excluding hydrogens is 437 g/mol. The van der Waals surface area contributed by atoms with Gasteiger partial charge in [-0.2, -0.15) is 4.31 Å². The molecule has 0 N–H and O–H groups in total. The van der Waals surface area contributed by atoms with Gasteiger partial charge in [0.1, 0.15) is 4.90 Å². The molecule has 0 spiro atoms. The highest BCUT2D eigenvalue weighted by atomic mass is 35.5. The molecule has 146 valence electrons. The Morgan fingerprint density at radius 3 is 2.29 bits per heavy atom. The van der Waals surface area contributed by atoms with Crippen LogP contribution in [0.4, 0.5) is 5.13 Å². The number of rotatable bonds is 4. The van der Waals surface area contributed by atoms with Crippen LogP contribution < -0.4 is 4.90 Å². The van der Waals surface area contributed by atoms with Crippen molar-refractivity contribution in [1.29, 1.82) is 0 Å². The first-order valence-electron chi connectivity index (χ1n) is 8.66. The summed E-state index contributed by atoms with van der Waals surface area (Å²) in [6.07, 6.45) is 0. The van der Waals surface area contributed by atoms with E-state index in [2.05, 4.69) is 4.90 Å². The molecule has 0 atom stereocenters. The number of piperazine rings is 1. The van der Waals surface area contributed by atoms with Gasteiger partial charge in [0.05, 0.1) is 10.7 Å². The van der Waals surface area contributed by atoms with Gasteiger partial charge >= 0.3 is 0 Å². The number of aromatic nitrogens is 1. The van der Waals surface area contributed by atoms with Gasteiger partial charge in [0, 0.05) is 42.1 Å². The number of hydrogen-bond donors (Lipinski definition) is 0. The summed E-state index contributed by atoms with van der Waals surface area (Å²) in [6, 6.07) is 14.1. The van der Waals surface area contributed by atoms with Crippen molar-refractivity contribution in [1.82, 2.24) is 9.29 Å². The molecule has 0 radical (unpaired) electrons. The van der Waals surface area contributed by atoms with E-state index in [4.69, 9.17) is 28.2 Å². The lowest BCUT2D eigenvalue weighted by molar-refractivity contribution is 0.385. The number of halogens is 2. The molecule has 1 aromatic heterocycles. The van der Waals surface area contributed by atoms with Crippen molar-refractivity contribution >= 4 is 49.7 Å². The summed E-state index contributed by atoms with van der Waals surface area (Å²) in [5.74, 6) is 0. The SMILES string of the molecule is O=S(=O)(c1ccccc1Cl)N1CCN(c2nc(-c3ccc(Cl)cc3)cs2)CC1. The van der Waals surface area contributed by atoms with Gasteiger partial charge in [-0.1, -0.05) is 47.5 Å². The average Bonchev–Trinajstić information content (AvgIpc) is 3.19.